The van der Waals surface area contributed by atoms with Crippen molar-refractivity contribution >= 4 is 38.7 Å². The summed E-state index contributed by atoms with van der Waals surface area (Å²) >= 11 is 5.94. The van der Waals surface area contributed by atoms with E-state index in [2.05, 4.69) is 5.32 Å². The number of benzene rings is 2. The van der Waals surface area contributed by atoms with Crippen LogP contribution >= 0.6 is 11.6 Å². The molecule has 0 fully saturated rings. The largest absolute Gasteiger partial charge is 0.495 e. The molecule has 2 rings (SSSR count). The fourth-order valence-corrected chi connectivity index (χ4v) is 2.69. The first-order valence-corrected chi connectivity index (χ1v) is 7.76. The molecule has 0 saturated heterocycles. The highest BCUT2D eigenvalue weighted by atomic mass is 35.5. The second-order valence-electron chi connectivity index (χ2n) is 4.27. The van der Waals surface area contributed by atoms with Crippen LogP contribution in [-0.2, 0) is 10.0 Å². The normalized spacial score (nSPS) is 11.2. The molecule has 2 aromatic carbocycles. The van der Waals surface area contributed by atoms with Gasteiger partial charge >= 0.3 is 0 Å². The SMILES string of the molecule is COc1cc(Nc2ccc(N)cc2S(N)(=O)=O)ccc1Cl. The second kappa shape index (κ2) is 5.80. The van der Waals surface area contributed by atoms with Crippen LogP contribution in [0.2, 0.25) is 5.02 Å². The van der Waals surface area contributed by atoms with Gasteiger partial charge in [-0.2, -0.15) is 0 Å². The molecule has 0 saturated carbocycles. The van der Waals surface area contributed by atoms with Gasteiger partial charge in [0, 0.05) is 17.4 Å². The minimum absolute atomic E-state index is 0.0867. The highest BCUT2D eigenvalue weighted by Crippen LogP contribution is 2.31. The van der Waals surface area contributed by atoms with Crippen LogP contribution in [0.25, 0.3) is 0 Å². The average molecular weight is 328 g/mol. The molecule has 0 aliphatic carbocycles. The first-order valence-electron chi connectivity index (χ1n) is 5.84. The number of halogens is 1. The van der Waals surface area contributed by atoms with Crippen LogP contribution in [0.4, 0.5) is 17.1 Å². The topological polar surface area (TPSA) is 107 Å². The summed E-state index contributed by atoms with van der Waals surface area (Å²) in [6, 6.07) is 9.38. The van der Waals surface area contributed by atoms with Crippen LogP contribution in [-0.4, -0.2) is 15.5 Å². The molecule has 8 heteroatoms. The number of ether oxygens (including phenoxy) is 1. The van der Waals surface area contributed by atoms with E-state index in [-0.39, 0.29) is 4.90 Å². The Hall–Kier alpha value is -1.96. The molecule has 5 N–H and O–H groups in total. The predicted molar refractivity (Wildman–Crippen MR) is 83.5 cm³/mol. The van der Waals surface area contributed by atoms with Gasteiger partial charge in [-0.3, -0.25) is 0 Å². The number of hydrogen-bond donors (Lipinski definition) is 3. The Balaban J connectivity index is 2.45. The third-order valence-electron chi connectivity index (χ3n) is 2.74. The van der Waals surface area contributed by atoms with Crippen molar-refractivity contribution in [3.8, 4) is 5.75 Å². The summed E-state index contributed by atoms with van der Waals surface area (Å²) in [7, 11) is -2.41. The summed E-state index contributed by atoms with van der Waals surface area (Å²) in [4.78, 5) is -0.0867. The van der Waals surface area contributed by atoms with Gasteiger partial charge in [0.25, 0.3) is 0 Å². The maximum Gasteiger partial charge on any atom is 0.240 e. The van der Waals surface area contributed by atoms with E-state index in [9.17, 15) is 8.42 Å². The van der Waals surface area contributed by atoms with E-state index in [0.717, 1.165) is 0 Å². The van der Waals surface area contributed by atoms with Gasteiger partial charge in [0.1, 0.15) is 10.6 Å². The molecule has 0 radical (unpaired) electrons. The lowest BCUT2D eigenvalue weighted by atomic mass is 10.2. The first-order chi connectivity index (χ1) is 9.81. The van der Waals surface area contributed by atoms with Crippen molar-refractivity contribution in [1.29, 1.82) is 0 Å². The van der Waals surface area contributed by atoms with E-state index in [1.165, 1.54) is 19.2 Å². The van der Waals surface area contributed by atoms with Gasteiger partial charge in [0.2, 0.25) is 10.0 Å². The first kappa shape index (κ1) is 15.4. The fourth-order valence-electron chi connectivity index (χ4n) is 1.77. The smallest absolute Gasteiger partial charge is 0.240 e. The number of methoxy groups -OCH3 is 1. The monoisotopic (exact) mass is 327 g/mol. The zero-order valence-corrected chi connectivity index (χ0v) is 12.7. The summed E-state index contributed by atoms with van der Waals surface area (Å²) in [5.41, 5.74) is 6.82. The number of rotatable bonds is 4. The third-order valence-corrected chi connectivity index (χ3v) is 4.01. The summed E-state index contributed by atoms with van der Waals surface area (Å²) in [5, 5.41) is 8.60. The molecule has 0 spiro atoms. The number of nitrogens with two attached hydrogens (primary N) is 2. The van der Waals surface area contributed by atoms with E-state index >= 15 is 0 Å². The molecule has 0 aromatic heterocycles. The average Bonchev–Trinajstić information content (AvgIpc) is 2.41. The predicted octanol–water partition coefficient (Wildman–Crippen LogP) is 2.32. The number of primary sulfonamides is 1. The summed E-state index contributed by atoms with van der Waals surface area (Å²) in [5.74, 6) is 0.467. The number of sulfonamides is 1. The summed E-state index contributed by atoms with van der Waals surface area (Å²) < 4.78 is 28.3. The molecule has 2 aromatic rings. The van der Waals surface area contributed by atoms with Crippen LogP contribution in [0.5, 0.6) is 5.75 Å². The van der Waals surface area contributed by atoms with E-state index in [0.29, 0.717) is 27.8 Å². The zero-order valence-electron chi connectivity index (χ0n) is 11.1. The lowest BCUT2D eigenvalue weighted by Gasteiger charge is -2.13. The molecule has 0 unspecified atom stereocenters. The van der Waals surface area contributed by atoms with E-state index in [1.54, 1.807) is 24.3 Å². The van der Waals surface area contributed by atoms with Gasteiger partial charge in [-0.25, -0.2) is 13.6 Å². The molecule has 6 nitrogen and oxygen atoms in total. The zero-order chi connectivity index (χ0) is 15.6. The molecule has 0 bridgehead atoms. The van der Waals surface area contributed by atoms with E-state index in [1.807, 2.05) is 0 Å². The van der Waals surface area contributed by atoms with Gasteiger partial charge in [-0.15, -0.1) is 0 Å². The molecule has 0 aliphatic rings. The number of nitrogens with one attached hydrogen (secondary N) is 1. The molecule has 0 heterocycles. The van der Waals surface area contributed by atoms with Gasteiger partial charge in [-0.1, -0.05) is 11.6 Å². The lowest BCUT2D eigenvalue weighted by molar-refractivity contribution is 0.415. The van der Waals surface area contributed by atoms with Crippen LogP contribution in [0, 0.1) is 0 Å². The molecule has 112 valence electrons. The van der Waals surface area contributed by atoms with Crippen LogP contribution in [0.15, 0.2) is 41.3 Å². The third kappa shape index (κ3) is 3.57. The van der Waals surface area contributed by atoms with Gasteiger partial charge in [0.15, 0.2) is 0 Å². The molecule has 0 aliphatic heterocycles. The standard InChI is InChI=1S/C13H14ClN3O3S/c1-20-12-7-9(3-4-10(12)14)17-11-5-2-8(15)6-13(11)21(16,18)19/h2-7,17H,15H2,1H3,(H2,16,18,19). The molecule has 21 heavy (non-hydrogen) atoms. The Bertz CT molecular complexity index is 778. The Morgan fingerprint density at radius 1 is 1.19 bits per heavy atom. The van der Waals surface area contributed by atoms with Gasteiger partial charge in [0.05, 0.1) is 17.8 Å². The van der Waals surface area contributed by atoms with E-state index in [4.69, 9.17) is 27.2 Å². The van der Waals surface area contributed by atoms with Crippen LogP contribution in [0.1, 0.15) is 0 Å². The Labute approximate surface area is 127 Å². The van der Waals surface area contributed by atoms with Gasteiger partial charge < -0.3 is 15.8 Å². The molecular formula is C13H14ClN3O3S. The van der Waals surface area contributed by atoms with Crippen molar-refractivity contribution in [2.75, 3.05) is 18.2 Å². The van der Waals surface area contributed by atoms with Crippen LogP contribution in [0.3, 0.4) is 0 Å². The Kier molecular flexibility index (Phi) is 4.26. The minimum Gasteiger partial charge on any atom is -0.495 e. The number of nitrogen functional groups attached to an aromatic ring is 1. The van der Waals surface area contributed by atoms with Crippen molar-refractivity contribution in [3.05, 3.63) is 41.4 Å². The van der Waals surface area contributed by atoms with Crippen molar-refractivity contribution in [1.82, 2.24) is 0 Å². The highest BCUT2D eigenvalue weighted by Gasteiger charge is 2.15. The van der Waals surface area contributed by atoms with Gasteiger partial charge in [-0.05, 0) is 30.3 Å². The number of anilines is 3. The Morgan fingerprint density at radius 2 is 1.90 bits per heavy atom. The summed E-state index contributed by atoms with van der Waals surface area (Å²) in [6.45, 7) is 0. The minimum atomic E-state index is -3.90. The van der Waals surface area contributed by atoms with Crippen molar-refractivity contribution < 1.29 is 13.2 Å². The molecule has 0 atom stereocenters. The number of hydrogen-bond acceptors (Lipinski definition) is 5. The van der Waals surface area contributed by atoms with Crippen molar-refractivity contribution in [2.45, 2.75) is 4.90 Å². The quantitative estimate of drug-likeness (QED) is 0.747. The maximum atomic E-state index is 11.6. The summed E-state index contributed by atoms with van der Waals surface area (Å²) in [6.07, 6.45) is 0. The van der Waals surface area contributed by atoms with E-state index < -0.39 is 10.0 Å². The Morgan fingerprint density at radius 3 is 2.52 bits per heavy atom. The second-order valence-corrected chi connectivity index (χ2v) is 6.21. The van der Waals surface area contributed by atoms with Crippen molar-refractivity contribution in [2.24, 2.45) is 5.14 Å². The molecular weight excluding hydrogens is 314 g/mol. The molecule has 0 amide bonds. The van der Waals surface area contributed by atoms with Crippen molar-refractivity contribution in [3.63, 3.8) is 0 Å². The fraction of sp³-hybridized carbons (Fsp3) is 0.0769. The highest BCUT2D eigenvalue weighted by molar-refractivity contribution is 7.89. The lowest BCUT2D eigenvalue weighted by Crippen LogP contribution is -2.14. The maximum absolute atomic E-state index is 11.6. The van der Waals surface area contributed by atoms with Crippen LogP contribution < -0.4 is 20.9 Å².